The van der Waals surface area contributed by atoms with Gasteiger partial charge in [0, 0.05) is 24.3 Å². The number of Topliss-reactive ketones (excluding diaryl/α,β-unsaturated/α-hetero) is 1. The molecule has 3 nitrogen and oxygen atoms in total. The van der Waals surface area contributed by atoms with Gasteiger partial charge in [0.05, 0.1) is 11.2 Å². The summed E-state index contributed by atoms with van der Waals surface area (Å²) in [7, 11) is 0. The molecule has 0 saturated carbocycles. The van der Waals surface area contributed by atoms with Gasteiger partial charge in [-0.25, -0.2) is 0 Å². The number of nitrogens with zero attached hydrogens (tertiary/aromatic N) is 1. The van der Waals surface area contributed by atoms with Crippen molar-refractivity contribution in [2.75, 3.05) is 18.0 Å². The Labute approximate surface area is 115 Å². The van der Waals surface area contributed by atoms with Gasteiger partial charge < -0.3 is 9.64 Å². The smallest absolute Gasteiger partial charge is 0.161 e. The number of hydrogen-bond donors (Lipinski definition) is 0. The molecule has 104 valence electrons. The van der Waals surface area contributed by atoms with Gasteiger partial charge in [-0.3, -0.25) is 4.79 Å². The zero-order valence-electron chi connectivity index (χ0n) is 12.5. The normalized spacial score (nSPS) is 21.2. The number of ether oxygens (including phenoxy) is 1. The molecule has 1 heterocycles. The highest BCUT2D eigenvalue weighted by atomic mass is 16.5. The van der Waals surface area contributed by atoms with E-state index in [1.54, 1.807) is 6.92 Å². The maximum Gasteiger partial charge on any atom is 0.161 e. The topological polar surface area (TPSA) is 29.5 Å². The molecule has 0 unspecified atom stereocenters. The van der Waals surface area contributed by atoms with Crippen LogP contribution in [0.1, 0.15) is 45.0 Å². The number of ketones is 1. The summed E-state index contributed by atoms with van der Waals surface area (Å²) in [5, 5.41) is 0. The fourth-order valence-corrected chi connectivity index (χ4v) is 3.01. The molecular formula is C16H23NO2. The minimum absolute atomic E-state index is 0.109. The van der Waals surface area contributed by atoms with E-state index in [4.69, 9.17) is 4.74 Å². The highest BCUT2D eigenvalue weighted by Gasteiger charge is 2.38. The highest BCUT2D eigenvalue weighted by Crippen LogP contribution is 2.33. The van der Waals surface area contributed by atoms with Gasteiger partial charge in [-0.15, -0.1) is 0 Å². The monoisotopic (exact) mass is 261 g/mol. The van der Waals surface area contributed by atoms with Crippen molar-refractivity contribution in [3.8, 4) is 0 Å². The van der Waals surface area contributed by atoms with Crippen LogP contribution >= 0.6 is 0 Å². The molecule has 0 spiro atoms. The van der Waals surface area contributed by atoms with Gasteiger partial charge in [-0.2, -0.15) is 0 Å². The van der Waals surface area contributed by atoms with Crippen LogP contribution in [0.3, 0.4) is 0 Å². The number of anilines is 1. The van der Waals surface area contributed by atoms with Crippen molar-refractivity contribution in [2.24, 2.45) is 0 Å². The summed E-state index contributed by atoms with van der Waals surface area (Å²) in [5.74, 6) is 0.109. The lowest BCUT2D eigenvalue weighted by molar-refractivity contribution is -0.133. The van der Waals surface area contributed by atoms with Crippen LogP contribution in [-0.4, -0.2) is 30.1 Å². The molecule has 3 heteroatoms. The lowest BCUT2D eigenvalue weighted by atomic mass is 9.97. The maximum absolute atomic E-state index is 11.8. The second-order valence-electron chi connectivity index (χ2n) is 6.55. The average molecular weight is 261 g/mol. The van der Waals surface area contributed by atoms with Gasteiger partial charge in [-0.1, -0.05) is 12.1 Å². The van der Waals surface area contributed by atoms with Crippen molar-refractivity contribution >= 4 is 11.5 Å². The van der Waals surface area contributed by atoms with Crippen molar-refractivity contribution in [1.29, 1.82) is 0 Å². The molecule has 1 aliphatic heterocycles. The van der Waals surface area contributed by atoms with Crippen LogP contribution < -0.4 is 4.90 Å². The Morgan fingerprint density at radius 2 is 1.63 bits per heavy atom. The standard InChI is InChI=1S/C16H23NO2/c1-12(18)13-8-6-7-9-14(13)17-10-15(2,3)19-16(4,5)11-17/h6-9H,10-11H2,1-5H3. The van der Waals surface area contributed by atoms with E-state index in [1.165, 1.54) is 0 Å². The molecule has 1 aliphatic rings. The number of morpholine rings is 1. The van der Waals surface area contributed by atoms with Crippen LogP contribution in [0.2, 0.25) is 0 Å². The van der Waals surface area contributed by atoms with Gasteiger partial charge in [0.2, 0.25) is 0 Å². The average Bonchev–Trinajstić information content (AvgIpc) is 2.24. The van der Waals surface area contributed by atoms with E-state index in [-0.39, 0.29) is 17.0 Å². The molecule has 0 aliphatic carbocycles. The molecule has 0 aromatic heterocycles. The maximum atomic E-state index is 11.8. The molecule has 0 amide bonds. The molecule has 0 radical (unpaired) electrons. The lowest BCUT2D eigenvalue weighted by Gasteiger charge is -2.48. The lowest BCUT2D eigenvalue weighted by Crippen LogP contribution is -2.57. The number of carbonyl (C=O) groups excluding carboxylic acids is 1. The fraction of sp³-hybridized carbons (Fsp3) is 0.562. The molecule has 1 aromatic rings. The predicted octanol–water partition coefficient (Wildman–Crippen LogP) is 3.28. The third-order valence-corrected chi connectivity index (χ3v) is 3.32. The van der Waals surface area contributed by atoms with Crippen molar-refractivity contribution in [2.45, 2.75) is 45.8 Å². The quantitative estimate of drug-likeness (QED) is 0.765. The molecule has 1 saturated heterocycles. The number of para-hydroxylation sites is 1. The second-order valence-corrected chi connectivity index (χ2v) is 6.55. The van der Waals surface area contributed by atoms with Gasteiger partial charge in [0.1, 0.15) is 0 Å². The zero-order chi connectivity index (χ0) is 14.3. The molecular weight excluding hydrogens is 238 g/mol. The fourth-order valence-electron chi connectivity index (χ4n) is 3.01. The third kappa shape index (κ3) is 3.16. The molecule has 0 bridgehead atoms. The van der Waals surface area contributed by atoms with Gasteiger partial charge >= 0.3 is 0 Å². The molecule has 2 rings (SSSR count). The molecule has 1 aromatic carbocycles. The second kappa shape index (κ2) is 4.64. The largest absolute Gasteiger partial charge is 0.366 e. The number of rotatable bonds is 2. The predicted molar refractivity (Wildman–Crippen MR) is 77.9 cm³/mol. The van der Waals surface area contributed by atoms with E-state index in [0.29, 0.717) is 0 Å². The van der Waals surface area contributed by atoms with Gasteiger partial charge in [0.25, 0.3) is 0 Å². The van der Waals surface area contributed by atoms with E-state index in [1.807, 2.05) is 24.3 Å². The summed E-state index contributed by atoms with van der Waals surface area (Å²) in [5.41, 5.74) is 1.37. The number of hydrogen-bond acceptors (Lipinski definition) is 3. The van der Waals surface area contributed by atoms with E-state index in [9.17, 15) is 4.79 Å². The summed E-state index contributed by atoms with van der Waals surface area (Å²) >= 11 is 0. The summed E-state index contributed by atoms with van der Waals surface area (Å²) in [4.78, 5) is 14.0. The van der Waals surface area contributed by atoms with Crippen molar-refractivity contribution in [3.63, 3.8) is 0 Å². The van der Waals surface area contributed by atoms with Gasteiger partial charge in [0.15, 0.2) is 5.78 Å². The Balaban J connectivity index is 2.39. The van der Waals surface area contributed by atoms with E-state index in [0.717, 1.165) is 24.3 Å². The number of benzene rings is 1. The Morgan fingerprint density at radius 3 is 2.16 bits per heavy atom. The first-order chi connectivity index (χ1) is 8.70. The summed E-state index contributed by atoms with van der Waals surface area (Å²) < 4.78 is 6.09. The van der Waals surface area contributed by atoms with Crippen molar-refractivity contribution < 1.29 is 9.53 Å². The van der Waals surface area contributed by atoms with Gasteiger partial charge in [-0.05, 0) is 46.8 Å². The first-order valence-electron chi connectivity index (χ1n) is 6.75. The van der Waals surface area contributed by atoms with Crippen LogP contribution in [0.15, 0.2) is 24.3 Å². The molecule has 0 atom stereocenters. The summed E-state index contributed by atoms with van der Waals surface area (Å²) in [6.07, 6.45) is 0. The third-order valence-electron chi connectivity index (χ3n) is 3.32. The van der Waals surface area contributed by atoms with Crippen LogP contribution in [0, 0.1) is 0 Å². The minimum Gasteiger partial charge on any atom is -0.366 e. The Bertz CT molecular complexity index is 475. The molecule has 19 heavy (non-hydrogen) atoms. The van der Waals surface area contributed by atoms with E-state index < -0.39 is 0 Å². The SMILES string of the molecule is CC(=O)c1ccccc1N1CC(C)(C)OC(C)(C)C1. The van der Waals surface area contributed by atoms with Crippen molar-refractivity contribution in [1.82, 2.24) is 0 Å². The number of carbonyl (C=O) groups is 1. The van der Waals surface area contributed by atoms with E-state index >= 15 is 0 Å². The van der Waals surface area contributed by atoms with E-state index in [2.05, 4.69) is 32.6 Å². The summed E-state index contributed by atoms with van der Waals surface area (Å²) in [6.45, 7) is 11.6. The molecule has 0 N–H and O–H groups in total. The first kappa shape index (κ1) is 14.1. The Hall–Kier alpha value is -1.35. The first-order valence-corrected chi connectivity index (χ1v) is 6.75. The van der Waals surface area contributed by atoms with Crippen LogP contribution in [0.5, 0.6) is 0 Å². The Morgan fingerprint density at radius 1 is 1.11 bits per heavy atom. The minimum atomic E-state index is -0.217. The zero-order valence-corrected chi connectivity index (χ0v) is 12.5. The van der Waals surface area contributed by atoms with Crippen LogP contribution in [0.25, 0.3) is 0 Å². The Kier molecular flexibility index (Phi) is 3.43. The van der Waals surface area contributed by atoms with Crippen LogP contribution in [0.4, 0.5) is 5.69 Å². The van der Waals surface area contributed by atoms with Crippen LogP contribution in [-0.2, 0) is 4.74 Å². The summed E-state index contributed by atoms with van der Waals surface area (Å²) in [6, 6.07) is 7.82. The molecule has 1 fully saturated rings. The highest BCUT2D eigenvalue weighted by molar-refractivity contribution is 5.99. The van der Waals surface area contributed by atoms with Crippen molar-refractivity contribution in [3.05, 3.63) is 29.8 Å².